The molecule has 0 rings (SSSR count). The van der Waals surface area contributed by atoms with Crippen LogP contribution in [-0.4, -0.2) is 49.4 Å². The third-order valence-electron chi connectivity index (χ3n) is 5.11. The summed E-state index contributed by atoms with van der Waals surface area (Å²) >= 11 is 0. The van der Waals surface area contributed by atoms with Crippen LogP contribution in [0.4, 0.5) is 0 Å². The molecule has 0 spiro atoms. The maximum absolute atomic E-state index is 10.3. The fraction of sp³-hybridized carbons (Fsp3) is 1.00. The number of quaternary nitrogens is 1. The summed E-state index contributed by atoms with van der Waals surface area (Å²) in [5, 5.41) is 0. The van der Waals surface area contributed by atoms with Crippen LogP contribution >= 0.6 is 0 Å². The molecule has 148 valence electrons. The van der Waals surface area contributed by atoms with E-state index in [9.17, 15) is 13.0 Å². The fourth-order valence-electron chi connectivity index (χ4n) is 2.88. The Kier molecular flexibility index (Phi) is 16.5. The third kappa shape index (κ3) is 16.7. The topological polar surface area (TPSA) is 57.2 Å². The maximum Gasteiger partial charge on any atom is 0.0945 e. The average molecular weight is 366 g/mol. The van der Waals surface area contributed by atoms with Gasteiger partial charge in [0.2, 0.25) is 0 Å². The van der Waals surface area contributed by atoms with Crippen LogP contribution in [0.5, 0.6) is 0 Å². The standard InChI is InChI=1S/C11H24O3S.C8H20N/c1-11(2)9-7-5-3-4-6-8-10-15(12,13)14;1-5-9(6-2,7-3)8-4/h11H,3-10H2,1-2H3,(H,12,13,14);5-8H2,1-4H3/q;+1/p-1. The van der Waals surface area contributed by atoms with E-state index in [0.29, 0.717) is 6.42 Å². The summed E-state index contributed by atoms with van der Waals surface area (Å²) in [5.41, 5.74) is 0. The molecule has 0 bridgehead atoms. The van der Waals surface area contributed by atoms with E-state index in [4.69, 9.17) is 0 Å². The maximum atomic E-state index is 10.3. The van der Waals surface area contributed by atoms with Crippen molar-refractivity contribution >= 4 is 10.1 Å². The van der Waals surface area contributed by atoms with Crippen molar-refractivity contribution in [1.29, 1.82) is 0 Å². The quantitative estimate of drug-likeness (QED) is 0.267. The second kappa shape index (κ2) is 15.2. The van der Waals surface area contributed by atoms with E-state index in [1.165, 1.54) is 49.9 Å². The highest BCUT2D eigenvalue weighted by molar-refractivity contribution is 7.85. The highest BCUT2D eigenvalue weighted by Crippen LogP contribution is 2.11. The first kappa shape index (κ1) is 26.1. The second-order valence-electron chi connectivity index (χ2n) is 7.17. The van der Waals surface area contributed by atoms with Crippen LogP contribution in [0.25, 0.3) is 0 Å². The van der Waals surface area contributed by atoms with Crippen molar-refractivity contribution in [2.24, 2.45) is 5.92 Å². The van der Waals surface area contributed by atoms with Gasteiger partial charge in [-0.3, -0.25) is 0 Å². The minimum Gasteiger partial charge on any atom is -0.748 e. The molecule has 0 aliphatic rings. The van der Waals surface area contributed by atoms with Gasteiger partial charge in [0.1, 0.15) is 0 Å². The van der Waals surface area contributed by atoms with Crippen molar-refractivity contribution in [1.82, 2.24) is 0 Å². The highest BCUT2D eigenvalue weighted by Gasteiger charge is 2.16. The van der Waals surface area contributed by atoms with Gasteiger partial charge in [-0.1, -0.05) is 52.4 Å². The molecule has 0 aliphatic heterocycles. The van der Waals surface area contributed by atoms with Gasteiger partial charge in [-0.05, 0) is 40.0 Å². The Morgan fingerprint density at radius 3 is 1.42 bits per heavy atom. The molecule has 0 fully saturated rings. The van der Waals surface area contributed by atoms with Crippen molar-refractivity contribution in [2.75, 3.05) is 31.9 Å². The van der Waals surface area contributed by atoms with E-state index >= 15 is 0 Å². The summed E-state index contributed by atoms with van der Waals surface area (Å²) in [6.07, 6.45) is 7.35. The first-order valence-corrected chi connectivity index (χ1v) is 11.5. The van der Waals surface area contributed by atoms with Crippen molar-refractivity contribution in [3.63, 3.8) is 0 Å². The minimum absolute atomic E-state index is 0.195. The molecule has 0 aliphatic carbocycles. The van der Waals surface area contributed by atoms with Gasteiger partial charge in [-0.25, -0.2) is 8.42 Å². The molecule has 0 aromatic carbocycles. The van der Waals surface area contributed by atoms with E-state index in [1.54, 1.807) is 0 Å². The zero-order chi connectivity index (χ0) is 19.1. The summed E-state index contributed by atoms with van der Waals surface area (Å²) in [6.45, 7) is 18.7. The molecule has 0 saturated heterocycles. The van der Waals surface area contributed by atoms with Crippen LogP contribution in [0.1, 0.15) is 86.5 Å². The summed E-state index contributed by atoms with van der Waals surface area (Å²) in [6, 6.07) is 0. The monoisotopic (exact) mass is 365 g/mol. The van der Waals surface area contributed by atoms with Crippen molar-refractivity contribution in [2.45, 2.75) is 86.5 Å². The third-order valence-corrected chi connectivity index (χ3v) is 5.90. The SMILES string of the molecule is CC(C)CCCCCCCCS(=O)(=O)[O-].CC[N+](CC)(CC)CC. The summed E-state index contributed by atoms with van der Waals surface area (Å²) in [5.74, 6) is 0.578. The molecule has 0 aromatic rings. The van der Waals surface area contributed by atoms with Gasteiger partial charge in [-0.15, -0.1) is 0 Å². The lowest BCUT2D eigenvalue weighted by atomic mass is 10.0. The Morgan fingerprint density at radius 1 is 0.750 bits per heavy atom. The predicted octanol–water partition coefficient (Wildman–Crippen LogP) is 4.80. The van der Waals surface area contributed by atoms with Crippen LogP contribution in [0.2, 0.25) is 0 Å². The first-order chi connectivity index (χ1) is 11.2. The lowest BCUT2D eigenvalue weighted by Gasteiger charge is -2.34. The minimum atomic E-state index is -3.98. The molecule has 24 heavy (non-hydrogen) atoms. The summed E-state index contributed by atoms with van der Waals surface area (Å²) < 4.78 is 32.1. The van der Waals surface area contributed by atoms with Crippen molar-refractivity contribution in [3.05, 3.63) is 0 Å². The molecular formula is C19H43NO3S. The summed E-state index contributed by atoms with van der Waals surface area (Å²) in [4.78, 5) is 0. The second-order valence-corrected chi connectivity index (χ2v) is 8.70. The van der Waals surface area contributed by atoms with Crippen LogP contribution in [0, 0.1) is 5.92 Å². The van der Waals surface area contributed by atoms with Crippen molar-refractivity contribution < 1.29 is 17.5 Å². The van der Waals surface area contributed by atoms with Gasteiger partial charge >= 0.3 is 0 Å². The molecule has 4 nitrogen and oxygen atoms in total. The number of nitrogens with zero attached hydrogens (tertiary/aromatic N) is 1. The van der Waals surface area contributed by atoms with E-state index in [1.807, 2.05) is 0 Å². The molecule has 0 radical (unpaired) electrons. The molecule has 0 N–H and O–H groups in total. The van der Waals surface area contributed by atoms with Crippen LogP contribution in [-0.2, 0) is 10.1 Å². The molecular weight excluding hydrogens is 322 g/mol. The smallest absolute Gasteiger partial charge is 0.0945 e. The molecule has 0 amide bonds. The van der Waals surface area contributed by atoms with Crippen LogP contribution in [0.3, 0.4) is 0 Å². The zero-order valence-electron chi connectivity index (χ0n) is 17.1. The van der Waals surface area contributed by atoms with Crippen LogP contribution < -0.4 is 0 Å². The van der Waals surface area contributed by atoms with Gasteiger partial charge in [-0.2, -0.15) is 0 Å². The van der Waals surface area contributed by atoms with E-state index < -0.39 is 10.1 Å². The fourth-order valence-corrected chi connectivity index (χ4v) is 3.44. The molecule has 0 atom stereocenters. The average Bonchev–Trinajstić information content (AvgIpc) is 2.52. The van der Waals surface area contributed by atoms with Gasteiger partial charge < -0.3 is 9.04 Å². The van der Waals surface area contributed by atoms with Gasteiger partial charge in [0, 0.05) is 5.75 Å². The van der Waals surface area contributed by atoms with Crippen LogP contribution in [0.15, 0.2) is 0 Å². The number of rotatable bonds is 13. The summed E-state index contributed by atoms with van der Waals surface area (Å²) in [7, 11) is -3.98. The lowest BCUT2D eigenvalue weighted by Crippen LogP contribution is -2.47. The Balaban J connectivity index is 0. The van der Waals surface area contributed by atoms with Crippen molar-refractivity contribution in [3.8, 4) is 0 Å². The van der Waals surface area contributed by atoms with E-state index in [-0.39, 0.29) is 5.75 Å². The number of unbranched alkanes of at least 4 members (excludes halogenated alkanes) is 5. The molecule has 0 heterocycles. The Morgan fingerprint density at radius 2 is 1.12 bits per heavy atom. The first-order valence-electron chi connectivity index (χ1n) is 9.94. The molecule has 5 heteroatoms. The number of hydrogen-bond donors (Lipinski definition) is 0. The zero-order valence-corrected chi connectivity index (χ0v) is 18.0. The molecule has 0 saturated carbocycles. The normalized spacial score (nSPS) is 12.2. The molecule has 0 unspecified atom stereocenters. The Bertz CT molecular complexity index is 345. The largest absolute Gasteiger partial charge is 0.748 e. The highest BCUT2D eigenvalue weighted by atomic mass is 32.2. The lowest BCUT2D eigenvalue weighted by molar-refractivity contribution is -0.921. The molecule has 0 aromatic heterocycles. The number of hydrogen-bond acceptors (Lipinski definition) is 3. The Labute approximate surface area is 152 Å². The van der Waals surface area contributed by atoms with E-state index in [0.717, 1.165) is 25.2 Å². The predicted molar refractivity (Wildman–Crippen MR) is 104 cm³/mol. The Hall–Kier alpha value is -0.130. The van der Waals surface area contributed by atoms with E-state index in [2.05, 4.69) is 41.5 Å². The van der Waals surface area contributed by atoms with Gasteiger partial charge in [0.25, 0.3) is 0 Å². The van der Waals surface area contributed by atoms with Gasteiger partial charge in [0.05, 0.1) is 36.3 Å². The van der Waals surface area contributed by atoms with Gasteiger partial charge in [0.15, 0.2) is 0 Å².